The van der Waals surface area contributed by atoms with Crippen LogP contribution in [0.3, 0.4) is 0 Å². The Morgan fingerprint density at radius 2 is 2.00 bits per heavy atom. The number of nitrogens with one attached hydrogen (secondary N) is 1. The average Bonchev–Trinajstić information content (AvgIpc) is 3.09. The minimum absolute atomic E-state index is 0.0884. The van der Waals surface area contributed by atoms with Crippen molar-refractivity contribution in [1.29, 1.82) is 0 Å². The van der Waals surface area contributed by atoms with E-state index in [1.807, 2.05) is 22.2 Å². The van der Waals surface area contributed by atoms with Gasteiger partial charge in [0.15, 0.2) is 11.6 Å². The molecule has 1 aliphatic carbocycles. The molecule has 2 aromatic heterocycles. The van der Waals surface area contributed by atoms with Crippen LogP contribution in [0.4, 0.5) is 0 Å². The second-order valence-electron chi connectivity index (χ2n) is 6.27. The number of hydrogen-bond donors (Lipinski definition) is 1. The molecule has 0 saturated heterocycles. The lowest BCUT2D eigenvalue weighted by molar-refractivity contribution is -0.148. The van der Waals surface area contributed by atoms with E-state index in [4.69, 9.17) is 4.74 Å². The molecule has 1 saturated carbocycles. The normalized spacial score (nSPS) is 16.5. The highest BCUT2D eigenvalue weighted by Crippen LogP contribution is 2.17. The summed E-state index contributed by atoms with van der Waals surface area (Å²) >= 11 is 1.51. The molecule has 0 radical (unpaired) electrons. The van der Waals surface area contributed by atoms with Crippen molar-refractivity contribution in [3.05, 3.63) is 23.5 Å². The molecule has 0 atom stereocenters. The molecule has 130 valence electrons. The highest BCUT2D eigenvalue weighted by molar-refractivity contribution is 7.15. The molecular weight excluding hydrogens is 326 g/mol. The summed E-state index contributed by atoms with van der Waals surface area (Å²) in [5.74, 6) is -0.631. The third-order valence-corrected chi connectivity index (χ3v) is 5.07. The summed E-state index contributed by atoms with van der Waals surface area (Å²) in [7, 11) is 0. The second kappa shape index (κ2) is 8.28. The van der Waals surface area contributed by atoms with E-state index < -0.39 is 5.97 Å². The molecule has 24 heavy (non-hydrogen) atoms. The number of carbonyl (C=O) groups excluding carboxylic acids is 2. The minimum atomic E-state index is -0.423. The molecule has 0 bridgehead atoms. The third-order valence-electron chi connectivity index (χ3n) is 4.30. The molecule has 2 aromatic rings. The van der Waals surface area contributed by atoms with E-state index >= 15 is 0 Å². The summed E-state index contributed by atoms with van der Waals surface area (Å²) in [5, 5.41) is 4.92. The van der Waals surface area contributed by atoms with Gasteiger partial charge in [-0.3, -0.25) is 14.0 Å². The van der Waals surface area contributed by atoms with E-state index in [0.717, 1.165) is 30.6 Å². The molecule has 0 spiro atoms. The van der Waals surface area contributed by atoms with Gasteiger partial charge in [0, 0.05) is 23.8 Å². The number of aromatic nitrogens is 2. The van der Waals surface area contributed by atoms with E-state index in [1.54, 1.807) is 0 Å². The van der Waals surface area contributed by atoms with E-state index in [1.165, 1.54) is 30.6 Å². The minimum Gasteiger partial charge on any atom is -0.455 e. The van der Waals surface area contributed by atoms with E-state index in [2.05, 4.69) is 10.3 Å². The number of thiazole rings is 1. The summed E-state index contributed by atoms with van der Waals surface area (Å²) < 4.78 is 6.95. The SMILES string of the molecule is O=C(COC(=O)Cc1cn2ccsc2n1)NC1CCCCCCC1. The van der Waals surface area contributed by atoms with Crippen LogP contribution in [0.2, 0.25) is 0 Å². The zero-order chi connectivity index (χ0) is 16.8. The summed E-state index contributed by atoms with van der Waals surface area (Å²) in [6, 6.07) is 0.219. The van der Waals surface area contributed by atoms with Gasteiger partial charge in [-0.1, -0.05) is 32.1 Å². The van der Waals surface area contributed by atoms with Crippen molar-refractivity contribution in [3.8, 4) is 0 Å². The van der Waals surface area contributed by atoms with Gasteiger partial charge in [-0.05, 0) is 12.8 Å². The van der Waals surface area contributed by atoms with E-state index in [0.29, 0.717) is 5.69 Å². The van der Waals surface area contributed by atoms with Crippen molar-refractivity contribution < 1.29 is 14.3 Å². The first-order valence-electron chi connectivity index (χ1n) is 8.57. The lowest BCUT2D eigenvalue weighted by Gasteiger charge is -2.20. The van der Waals surface area contributed by atoms with Gasteiger partial charge in [0.1, 0.15) is 0 Å². The summed E-state index contributed by atoms with van der Waals surface area (Å²) in [6.07, 6.45) is 11.9. The molecule has 2 heterocycles. The van der Waals surface area contributed by atoms with Gasteiger partial charge in [-0.25, -0.2) is 4.98 Å². The maximum Gasteiger partial charge on any atom is 0.312 e. The zero-order valence-electron chi connectivity index (χ0n) is 13.7. The van der Waals surface area contributed by atoms with Gasteiger partial charge < -0.3 is 10.1 Å². The van der Waals surface area contributed by atoms with Crippen LogP contribution in [0.1, 0.15) is 50.6 Å². The maximum atomic E-state index is 12.0. The Kier molecular flexibility index (Phi) is 5.85. The van der Waals surface area contributed by atoms with Crippen LogP contribution in [0.5, 0.6) is 0 Å². The Balaban J connectivity index is 1.40. The maximum absolute atomic E-state index is 12.0. The van der Waals surface area contributed by atoms with Crippen LogP contribution in [0, 0.1) is 0 Å². The molecule has 1 amide bonds. The fourth-order valence-corrected chi connectivity index (χ4v) is 3.79. The van der Waals surface area contributed by atoms with Gasteiger partial charge in [-0.2, -0.15) is 0 Å². The standard InChI is InChI=1S/C17H23N3O3S/c21-15(18-13-6-4-2-1-3-5-7-13)12-23-16(22)10-14-11-20-8-9-24-17(20)19-14/h8-9,11,13H,1-7,10,12H2,(H,18,21). The molecular formula is C17H23N3O3S. The smallest absolute Gasteiger partial charge is 0.312 e. The number of esters is 1. The fourth-order valence-electron chi connectivity index (χ4n) is 3.08. The third kappa shape index (κ3) is 4.80. The van der Waals surface area contributed by atoms with Crippen molar-refractivity contribution >= 4 is 28.2 Å². The van der Waals surface area contributed by atoms with Crippen molar-refractivity contribution in [2.45, 2.75) is 57.4 Å². The molecule has 1 aliphatic rings. The summed E-state index contributed by atoms with van der Waals surface area (Å²) in [6.45, 7) is -0.211. The molecule has 0 aliphatic heterocycles. The first-order valence-corrected chi connectivity index (χ1v) is 9.45. The van der Waals surface area contributed by atoms with Crippen LogP contribution in [0.15, 0.2) is 17.8 Å². The zero-order valence-corrected chi connectivity index (χ0v) is 14.5. The van der Waals surface area contributed by atoms with Gasteiger partial charge in [0.05, 0.1) is 12.1 Å². The van der Waals surface area contributed by atoms with Crippen molar-refractivity contribution in [1.82, 2.24) is 14.7 Å². The number of nitrogens with zero attached hydrogens (tertiary/aromatic N) is 2. The molecule has 1 fully saturated rings. The Bertz CT molecular complexity index is 658. The summed E-state index contributed by atoms with van der Waals surface area (Å²) in [4.78, 5) is 29.0. The highest BCUT2D eigenvalue weighted by Gasteiger charge is 2.16. The Morgan fingerprint density at radius 3 is 2.75 bits per heavy atom. The quantitative estimate of drug-likeness (QED) is 0.843. The topological polar surface area (TPSA) is 72.7 Å². The molecule has 7 heteroatoms. The molecule has 1 N–H and O–H groups in total. The van der Waals surface area contributed by atoms with Crippen molar-refractivity contribution in [3.63, 3.8) is 0 Å². The van der Waals surface area contributed by atoms with E-state index in [9.17, 15) is 9.59 Å². The van der Waals surface area contributed by atoms with Gasteiger partial charge in [0.25, 0.3) is 5.91 Å². The van der Waals surface area contributed by atoms with Gasteiger partial charge >= 0.3 is 5.97 Å². The fraction of sp³-hybridized carbons (Fsp3) is 0.588. The highest BCUT2D eigenvalue weighted by atomic mass is 32.1. The molecule has 0 unspecified atom stereocenters. The number of hydrogen-bond acceptors (Lipinski definition) is 5. The average molecular weight is 349 g/mol. The second-order valence-corrected chi connectivity index (χ2v) is 7.15. The number of carbonyl (C=O) groups is 2. The Hall–Kier alpha value is -1.89. The predicted octanol–water partition coefficient (Wildman–Crippen LogP) is 2.71. The monoisotopic (exact) mass is 349 g/mol. The first kappa shape index (κ1) is 17.0. The number of imidazole rings is 1. The van der Waals surface area contributed by atoms with Crippen LogP contribution >= 0.6 is 11.3 Å². The number of amides is 1. The lowest BCUT2D eigenvalue weighted by Crippen LogP contribution is -2.38. The van der Waals surface area contributed by atoms with Crippen LogP contribution < -0.4 is 5.32 Å². The van der Waals surface area contributed by atoms with Crippen LogP contribution in [-0.4, -0.2) is 33.9 Å². The Labute approximate surface area is 145 Å². The summed E-state index contributed by atoms with van der Waals surface area (Å²) in [5.41, 5.74) is 0.660. The van der Waals surface area contributed by atoms with Gasteiger partial charge in [0.2, 0.25) is 0 Å². The molecule has 3 rings (SSSR count). The predicted molar refractivity (Wildman–Crippen MR) is 92.0 cm³/mol. The Morgan fingerprint density at radius 1 is 1.25 bits per heavy atom. The first-order chi connectivity index (χ1) is 11.7. The largest absolute Gasteiger partial charge is 0.455 e. The number of rotatable bonds is 5. The van der Waals surface area contributed by atoms with Gasteiger partial charge in [-0.15, -0.1) is 11.3 Å². The van der Waals surface area contributed by atoms with Crippen molar-refractivity contribution in [2.75, 3.05) is 6.61 Å². The molecule has 6 nitrogen and oxygen atoms in total. The number of ether oxygens (including phenoxy) is 1. The van der Waals surface area contributed by atoms with E-state index in [-0.39, 0.29) is 25.0 Å². The van der Waals surface area contributed by atoms with Crippen molar-refractivity contribution in [2.24, 2.45) is 0 Å². The van der Waals surface area contributed by atoms with Crippen LogP contribution in [0.25, 0.3) is 4.96 Å². The van der Waals surface area contributed by atoms with Crippen LogP contribution in [-0.2, 0) is 20.7 Å². The molecule has 0 aromatic carbocycles. The lowest BCUT2D eigenvalue weighted by atomic mass is 9.97. The number of fused-ring (bicyclic) bond motifs is 1.